The van der Waals surface area contributed by atoms with E-state index >= 15 is 0 Å². The predicted molar refractivity (Wildman–Crippen MR) is 104 cm³/mol. The van der Waals surface area contributed by atoms with Crippen molar-refractivity contribution in [1.82, 2.24) is 19.1 Å². The van der Waals surface area contributed by atoms with Crippen LogP contribution >= 0.6 is 11.6 Å². The topological polar surface area (TPSA) is 45.8 Å². The first kappa shape index (κ1) is 8.15. The number of hydrogen-bond acceptors (Lipinski definition) is 4. The molecule has 0 N–H and O–H groups in total. The molecule has 1 aliphatic heterocycles. The van der Waals surface area contributed by atoms with Crippen LogP contribution in [-0.2, 0) is 6.54 Å². The van der Waals surface area contributed by atoms with E-state index in [1.165, 1.54) is 0 Å². The van der Waals surface area contributed by atoms with E-state index < -0.39 is 80.2 Å². The smallest absolute Gasteiger partial charge is 0.350 e. The van der Waals surface area contributed by atoms with Crippen molar-refractivity contribution < 1.29 is 16.4 Å². The second-order valence-corrected chi connectivity index (χ2v) is 5.87. The van der Waals surface area contributed by atoms with Crippen molar-refractivity contribution in [2.75, 3.05) is 37.5 Å². The standard InChI is InChI=1S/C19H22ClN5O/c20-16-5-3-6-17(15-16)23-13-11-22(12-14-23)8-4-10-25-19(26)24-9-2-1-7-18(24)21-25/h1-3,5-7,9,15H,4,8,10-14H2/i1D,2D,3D,5D,6D,7D,9D,11D2,12D2,15D. The van der Waals surface area contributed by atoms with Gasteiger partial charge in [0, 0.05) is 61.5 Å². The lowest BCUT2D eigenvalue weighted by atomic mass is 10.2. The van der Waals surface area contributed by atoms with Crippen LogP contribution in [0.1, 0.15) is 22.9 Å². The molecule has 1 aromatic carbocycles. The summed E-state index contributed by atoms with van der Waals surface area (Å²) >= 11 is 5.97. The van der Waals surface area contributed by atoms with Crippen molar-refractivity contribution >= 4 is 22.9 Å². The van der Waals surface area contributed by atoms with Crippen LogP contribution in [0.3, 0.4) is 0 Å². The summed E-state index contributed by atoms with van der Waals surface area (Å²) < 4.78 is 99.1. The van der Waals surface area contributed by atoms with Gasteiger partial charge in [0.25, 0.3) is 0 Å². The van der Waals surface area contributed by atoms with Gasteiger partial charge in [-0.1, -0.05) is 23.7 Å². The molecule has 4 rings (SSSR count). The number of rotatable bonds is 5. The molecule has 2 aromatic heterocycles. The fraction of sp³-hybridized carbons (Fsp3) is 0.368. The fourth-order valence-electron chi connectivity index (χ4n) is 2.52. The van der Waals surface area contributed by atoms with Crippen LogP contribution in [0.5, 0.6) is 0 Å². The molecule has 6 nitrogen and oxygen atoms in total. The van der Waals surface area contributed by atoms with Gasteiger partial charge in [-0.15, -0.1) is 5.10 Å². The molecule has 1 aliphatic rings. The number of hydrogen-bond donors (Lipinski definition) is 0. The van der Waals surface area contributed by atoms with Crippen LogP contribution < -0.4 is 10.6 Å². The summed E-state index contributed by atoms with van der Waals surface area (Å²) in [5.74, 6) is 0. The third-order valence-corrected chi connectivity index (χ3v) is 3.99. The minimum Gasteiger partial charge on any atom is -0.369 e. The Labute approximate surface area is 174 Å². The Morgan fingerprint density at radius 2 is 2.00 bits per heavy atom. The molecule has 1 fully saturated rings. The van der Waals surface area contributed by atoms with Crippen LogP contribution in [0.2, 0.25) is 5.02 Å². The first-order chi connectivity index (χ1) is 17.5. The summed E-state index contributed by atoms with van der Waals surface area (Å²) in [6.45, 7) is -5.86. The predicted octanol–water partition coefficient (Wildman–Crippen LogP) is 2.36. The molecule has 0 radical (unpaired) electrons. The lowest BCUT2D eigenvalue weighted by Gasteiger charge is -2.36. The van der Waals surface area contributed by atoms with Crippen LogP contribution in [0.25, 0.3) is 5.65 Å². The molecule has 136 valence electrons. The van der Waals surface area contributed by atoms with E-state index in [0.717, 1.165) is 18.9 Å². The van der Waals surface area contributed by atoms with Crippen LogP contribution in [0, 0.1) is 0 Å². The minimum absolute atomic E-state index is 0.0363. The first-order valence-electron chi connectivity index (χ1n) is 13.9. The third kappa shape index (κ3) is 3.61. The van der Waals surface area contributed by atoms with Gasteiger partial charge in [-0.05, 0) is 36.6 Å². The van der Waals surface area contributed by atoms with Crippen molar-refractivity contribution in [3.05, 3.63) is 64.0 Å². The summed E-state index contributed by atoms with van der Waals surface area (Å²) in [5.41, 5.74) is -1.31. The number of aromatic nitrogens is 3. The zero-order valence-corrected chi connectivity index (χ0v) is 14.3. The fourth-order valence-corrected chi connectivity index (χ4v) is 2.66. The summed E-state index contributed by atoms with van der Waals surface area (Å²) in [5, 5.41) is 3.59. The molecule has 26 heavy (non-hydrogen) atoms. The summed E-state index contributed by atoms with van der Waals surface area (Å²) in [4.78, 5) is 14.8. The maximum Gasteiger partial charge on any atom is 0.350 e. The maximum absolute atomic E-state index is 12.7. The Balaban J connectivity index is 1.57. The van der Waals surface area contributed by atoms with E-state index in [2.05, 4.69) is 5.10 Å². The largest absolute Gasteiger partial charge is 0.369 e. The molecule has 0 atom stereocenters. The van der Waals surface area contributed by atoms with Crippen LogP contribution in [-0.4, -0.2) is 51.7 Å². The normalized spacial score (nSPS) is 26.1. The van der Waals surface area contributed by atoms with Crippen molar-refractivity contribution in [3.63, 3.8) is 0 Å². The van der Waals surface area contributed by atoms with E-state index in [1.807, 2.05) is 0 Å². The summed E-state index contributed by atoms with van der Waals surface area (Å²) in [7, 11) is 0. The highest BCUT2D eigenvalue weighted by Gasteiger charge is 2.17. The van der Waals surface area contributed by atoms with E-state index in [9.17, 15) is 4.79 Å². The van der Waals surface area contributed by atoms with Crippen molar-refractivity contribution in [2.24, 2.45) is 0 Å². The lowest BCUT2D eigenvalue weighted by Crippen LogP contribution is -2.46. The SMILES string of the molecule is [2H]c1c([2H])c(Cl)c([2H])c(N2CC([2H])([2H])N(CCCn3nc4c([2H])c([2H])c([2H])c([2H])n4c3=O)C([2H])([2H])C2)c1[2H]. The lowest BCUT2D eigenvalue weighted by molar-refractivity contribution is 0.248. The van der Waals surface area contributed by atoms with Gasteiger partial charge in [0.2, 0.25) is 0 Å². The van der Waals surface area contributed by atoms with Gasteiger partial charge in [-0.2, -0.15) is 0 Å². The van der Waals surface area contributed by atoms with Crippen LogP contribution in [0.15, 0.2) is 53.3 Å². The van der Waals surface area contributed by atoms with Gasteiger partial charge in [0.15, 0.2) is 5.65 Å². The van der Waals surface area contributed by atoms with Gasteiger partial charge >= 0.3 is 5.69 Å². The summed E-state index contributed by atoms with van der Waals surface area (Å²) in [6, 6.07) is -3.66. The van der Waals surface area contributed by atoms with Crippen molar-refractivity contribution in [3.8, 4) is 0 Å². The highest BCUT2D eigenvalue weighted by molar-refractivity contribution is 6.30. The molecule has 0 bridgehead atoms. The number of fused-ring (bicyclic) bond motifs is 1. The highest BCUT2D eigenvalue weighted by atomic mass is 35.5. The van der Waals surface area contributed by atoms with Crippen LogP contribution in [0.4, 0.5) is 5.69 Å². The molecule has 1 saturated heterocycles. The van der Waals surface area contributed by atoms with Gasteiger partial charge in [-0.3, -0.25) is 9.30 Å². The number of pyridine rings is 1. The van der Waals surface area contributed by atoms with Gasteiger partial charge in [0.1, 0.15) is 0 Å². The van der Waals surface area contributed by atoms with E-state index in [-0.39, 0.29) is 35.9 Å². The Kier molecular flexibility index (Phi) is 2.35. The second kappa shape index (κ2) is 7.51. The van der Waals surface area contributed by atoms with Crippen molar-refractivity contribution in [2.45, 2.75) is 13.0 Å². The average molecular weight is 384 g/mol. The number of anilines is 1. The molecule has 0 unspecified atom stereocenters. The van der Waals surface area contributed by atoms with E-state index in [0.29, 0.717) is 0 Å². The molecule has 0 spiro atoms. The number of nitrogens with zero attached hydrogens (tertiary/aromatic N) is 5. The molecular weight excluding hydrogens is 350 g/mol. The minimum atomic E-state index is -2.32. The molecule has 3 heterocycles. The van der Waals surface area contributed by atoms with E-state index in [1.54, 1.807) is 0 Å². The molecule has 3 aromatic rings. The quantitative estimate of drug-likeness (QED) is 0.678. The number of benzene rings is 1. The monoisotopic (exact) mass is 383 g/mol. The van der Waals surface area contributed by atoms with Gasteiger partial charge in [0.05, 0.1) is 11.0 Å². The van der Waals surface area contributed by atoms with Gasteiger partial charge < -0.3 is 4.90 Å². The maximum atomic E-state index is 12.7. The number of piperazine rings is 1. The molecular formula is C19H22ClN5O. The van der Waals surface area contributed by atoms with Crippen molar-refractivity contribution in [1.29, 1.82) is 0 Å². The average Bonchev–Trinajstić information content (AvgIpc) is 3.16. The Morgan fingerprint density at radius 1 is 1.15 bits per heavy atom. The van der Waals surface area contributed by atoms with E-state index in [4.69, 9.17) is 28.1 Å². The number of halogens is 1. The third-order valence-electron chi connectivity index (χ3n) is 3.80. The Bertz CT molecular complexity index is 1460. The molecule has 0 aliphatic carbocycles. The second-order valence-electron chi connectivity index (χ2n) is 5.49. The first-order valence-corrected chi connectivity index (χ1v) is 8.23. The highest BCUT2D eigenvalue weighted by Crippen LogP contribution is 2.20. The molecule has 0 saturated carbocycles. The zero-order chi connectivity index (χ0) is 28.5. The summed E-state index contributed by atoms with van der Waals surface area (Å²) in [6.07, 6.45) is -0.549. The zero-order valence-electron chi connectivity index (χ0n) is 25.6. The Hall–Kier alpha value is -2.31. The number of aryl methyl sites for hydroxylation is 1. The molecule has 7 heteroatoms. The Morgan fingerprint density at radius 3 is 2.85 bits per heavy atom. The van der Waals surface area contributed by atoms with Gasteiger partial charge in [-0.25, -0.2) is 9.48 Å². The molecule has 0 amide bonds.